The number of anilines is 1. The number of hydrogen-bond acceptors (Lipinski definition) is 7. The molecule has 0 atom stereocenters. The van der Waals surface area contributed by atoms with Crippen LogP contribution in [0.15, 0.2) is 54.0 Å². The van der Waals surface area contributed by atoms with E-state index in [0.717, 1.165) is 0 Å². The van der Waals surface area contributed by atoms with Crippen LogP contribution in [0.5, 0.6) is 5.75 Å². The van der Waals surface area contributed by atoms with Gasteiger partial charge in [-0.15, -0.1) is 0 Å². The first-order valence-corrected chi connectivity index (χ1v) is 7.92. The molecule has 0 spiro atoms. The van der Waals surface area contributed by atoms with E-state index < -0.39 is 17.7 Å². The molecule has 1 N–H and O–H groups in total. The average Bonchev–Trinajstić information content (AvgIpc) is 2.66. The maximum Gasteiger partial charge on any atom is 0.294 e. The molecule has 0 bridgehead atoms. The third-order valence-corrected chi connectivity index (χ3v) is 3.62. The van der Waals surface area contributed by atoms with E-state index in [4.69, 9.17) is 14.2 Å². The van der Waals surface area contributed by atoms with Crippen LogP contribution in [0.3, 0.4) is 0 Å². The lowest BCUT2D eigenvalue weighted by molar-refractivity contribution is -0.0914. The van der Waals surface area contributed by atoms with Crippen LogP contribution in [-0.2, 0) is 16.5 Å². The first kappa shape index (κ1) is 20.3. The van der Waals surface area contributed by atoms with Gasteiger partial charge in [-0.3, -0.25) is 9.36 Å². The molecule has 2 rings (SSSR count). The lowest BCUT2D eigenvalue weighted by Crippen LogP contribution is -2.25. The number of pyridine rings is 1. The highest BCUT2D eigenvalue weighted by Crippen LogP contribution is 2.20. The molecule has 27 heavy (non-hydrogen) atoms. The van der Waals surface area contributed by atoms with Crippen molar-refractivity contribution in [1.29, 1.82) is 0 Å². The van der Waals surface area contributed by atoms with Crippen molar-refractivity contribution in [3.63, 3.8) is 0 Å². The summed E-state index contributed by atoms with van der Waals surface area (Å²) in [5.74, 6) is -0.806. The van der Waals surface area contributed by atoms with Crippen LogP contribution in [0.2, 0.25) is 0 Å². The van der Waals surface area contributed by atoms with Gasteiger partial charge in [-0.1, -0.05) is 19.2 Å². The fraction of sp³-hybridized carbons (Fsp3) is 0.278. The second kappa shape index (κ2) is 9.06. The Labute approximate surface area is 155 Å². The van der Waals surface area contributed by atoms with Gasteiger partial charge in [0.1, 0.15) is 5.65 Å². The molecule has 2 aromatic heterocycles. The Morgan fingerprint density at radius 3 is 2.74 bits per heavy atom. The van der Waals surface area contributed by atoms with E-state index in [1.807, 2.05) is 0 Å². The average molecular weight is 376 g/mol. The van der Waals surface area contributed by atoms with E-state index in [0.29, 0.717) is 23.5 Å². The topological polar surface area (TPSA) is 87.5 Å². The van der Waals surface area contributed by atoms with Gasteiger partial charge < -0.3 is 19.5 Å². The van der Waals surface area contributed by atoms with E-state index in [2.05, 4.69) is 28.4 Å². The Balaban J connectivity index is 2.38. The molecule has 144 valence electrons. The number of nitrogens with zero attached hydrogens (tertiary/aromatic N) is 3. The van der Waals surface area contributed by atoms with E-state index >= 15 is 0 Å². The van der Waals surface area contributed by atoms with Crippen molar-refractivity contribution in [2.75, 3.05) is 26.1 Å². The second-order valence-corrected chi connectivity index (χ2v) is 5.40. The summed E-state index contributed by atoms with van der Waals surface area (Å²) in [6.07, 6.45) is 3.66. The monoisotopic (exact) mass is 376 g/mol. The molecule has 0 fully saturated rings. The van der Waals surface area contributed by atoms with Crippen molar-refractivity contribution < 1.29 is 18.6 Å². The zero-order chi connectivity index (χ0) is 20.0. The van der Waals surface area contributed by atoms with E-state index in [1.165, 1.54) is 50.2 Å². The minimum atomic E-state index is -0.821. The smallest absolute Gasteiger partial charge is 0.294 e. The summed E-state index contributed by atoms with van der Waals surface area (Å²) < 4.78 is 30.2. The van der Waals surface area contributed by atoms with Crippen molar-refractivity contribution in [3.05, 3.63) is 59.5 Å². The number of aryl methyl sites for hydroxylation is 1. The Morgan fingerprint density at radius 2 is 2.15 bits per heavy atom. The molecule has 2 aromatic rings. The van der Waals surface area contributed by atoms with Crippen LogP contribution < -0.4 is 15.6 Å². The summed E-state index contributed by atoms with van der Waals surface area (Å²) in [5, 5.41) is 3.50. The first-order valence-electron chi connectivity index (χ1n) is 7.92. The molecule has 0 aliphatic carbocycles. The molecule has 0 radical (unpaired) electrons. The van der Waals surface area contributed by atoms with Gasteiger partial charge in [-0.25, -0.2) is 9.37 Å². The van der Waals surface area contributed by atoms with Crippen molar-refractivity contribution in [1.82, 2.24) is 14.5 Å². The third kappa shape index (κ3) is 4.78. The van der Waals surface area contributed by atoms with Crippen molar-refractivity contribution in [3.8, 4) is 5.75 Å². The Hall–Kier alpha value is -3.04. The normalized spacial score (nSPS) is 11.7. The number of halogens is 1. The quantitative estimate of drug-likeness (QED) is 0.408. The zero-order valence-electron chi connectivity index (χ0n) is 15.4. The Kier molecular flexibility index (Phi) is 6.80. The molecule has 0 aromatic carbocycles. The molecular weight excluding hydrogens is 355 g/mol. The van der Waals surface area contributed by atoms with Gasteiger partial charge in [0.05, 0.1) is 6.54 Å². The van der Waals surface area contributed by atoms with E-state index in [1.54, 1.807) is 0 Å². The van der Waals surface area contributed by atoms with Crippen LogP contribution in [0, 0.1) is 0 Å². The zero-order valence-corrected chi connectivity index (χ0v) is 15.4. The van der Waals surface area contributed by atoms with E-state index in [-0.39, 0.29) is 11.5 Å². The molecule has 8 nitrogen and oxygen atoms in total. The standard InChI is InChI=1S/C18H21FN4O4/c1-6-7-13(11(2)19)27-14-8-12-9-20-18(21-10-15(25-4)26-5)22-16(12)23(3)17(14)24/h6-9,15H,1-2,10H2,3-5H3,(H,20,21,22)/b13-7+. The van der Waals surface area contributed by atoms with Gasteiger partial charge in [0.15, 0.2) is 23.6 Å². The fourth-order valence-corrected chi connectivity index (χ4v) is 2.22. The number of hydrogen-bond donors (Lipinski definition) is 1. The van der Waals surface area contributed by atoms with Gasteiger partial charge in [0, 0.05) is 32.9 Å². The number of aromatic nitrogens is 3. The van der Waals surface area contributed by atoms with Crippen LogP contribution >= 0.6 is 0 Å². The maximum atomic E-state index is 13.4. The van der Waals surface area contributed by atoms with Crippen LogP contribution in [0.4, 0.5) is 10.3 Å². The predicted octanol–water partition coefficient (Wildman–Crippen LogP) is 2.29. The minimum absolute atomic E-state index is 0.0833. The lowest BCUT2D eigenvalue weighted by Gasteiger charge is -2.14. The third-order valence-electron chi connectivity index (χ3n) is 3.62. The lowest BCUT2D eigenvalue weighted by atomic mass is 10.3. The van der Waals surface area contributed by atoms with E-state index in [9.17, 15) is 9.18 Å². The molecule has 0 aliphatic rings. The van der Waals surface area contributed by atoms with Crippen LogP contribution in [0.1, 0.15) is 0 Å². The molecule has 0 unspecified atom stereocenters. The molecule has 0 amide bonds. The molecule has 9 heteroatoms. The summed E-state index contributed by atoms with van der Waals surface area (Å²) in [7, 11) is 4.57. The second-order valence-electron chi connectivity index (χ2n) is 5.40. The number of rotatable bonds is 9. The highest BCUT2D eigenvalue weighted by molar-refractivity contribution is 5.76. The van der Waals surface area contributed by atoms with Gasteiger partial charge >= 0.3 is 0 Å². The number of allylic oxidation sites excluding steroid dienone is 3. The SMILES string of the molecule is C=C/C=C(/Oc1cc2cnc(NCC(OC)OC)nc2n(C)c1=O)C(=C)F. The van der Waals surface area contributed by atoms with Gasteiger partial charge in [-0.2, -0.15) is 4.98 Å². The van der Waals surface area contributed by atoms with Gasteiger partial charge in [0.25, 0.3) is 5.56 Å². The summed E-state index contributed by atoms with van der Waals surface area (Å²) in [5.41, 5.74) is -0.111. The summed E-state index contributed by atoms with van der Waals surface area (Å²) in [4.78, 5) is 21.0. The fourth-order valence-electron chi connectivity index (χ4n) is 2.22. The number of fused-ring (bicyclic) bond motifs is 1. The highest BCUT2D eigenvalue weighted by atomic mass is 19.1. The van der Waals surface area contributed by atoms with Crippen LogP contribution in [-0.4, -0.2) is 41.6 Å². The largest absolute Gasteiger partial charge is 0.448 e. The highest BCUT2D eigenvalue weighted by Gasteiger charge is 2.14. The molecule has 0 saturated heterocycles. The van der Waals surface area contributed by atoms with Crippen molar-refractivity contribution in [2.24, 2.45) is 7.05 Å². The summed E-state index contributed by atoms with van der Waals surface area (Å²) in [6, 6.07) is 1.44. The molecule has 0 aliphatic heterocycles. The molecular formula is C18H21FN4O4. The summed E-state index contributed by atoms with van der Waals surface area (Å²) >= 11 is 0. The Bertz CT molecular complexity index is 935. The van der Waals surface area contributed by atoms with Gasteiger partial charge in [0.2, 0.25) is 5.95 Å². The maximum absolute atomic E-state index is 13.4. The number of methoxy groups -OCH3 is 2. The van der Waals surface area contributed by atoms with Crippen LogP contribution in [0.25, 0.3) is 11.0 Å². The van der Waals surface area contributed by atoms with Crippen molar-refractivity contribution >= 4 is 17.0 Å². The molecule has 2 heterocycles. The summed E-state index contributed by atoms with van der Waals surface area (Å²) in [6.45, 7) is 6.97. The Morgan fingerprint density at radius 1 is 1.44 bits per heavy atom. The van der Waals surface area contributed by atoms with Gasteiger partial charge in [-0.05, 0) is 12.1 Å². The minimum Gasteiger partial charge on any atom is -0.448 e. The number of nitrogens with one attached hydrogen (secondary N) is 1. The number of ether oxygens (including phenoxy) is 3. The molecule has 0 saturated carbocycles. The first-order chi connectivity index (χ1) is 12.9. The van der Waals surface area contributed by atoms with Crippen molar-refractivity contribution in [2.45, 2.75) is 6.29 Å². The predicted molar refractivity (Wildman–Crippen MR) is 100 cm³/mol.